The summed E-state index contributed by atoms with van der Waals surface area (Å²) in [6.07, 6.45) is 2.28. The largest absolute Gasteiger partial charge is 0.299 e. The van der Waals surface area contributed by atoms with E-state index in [1.807, 2.05) is 12.1 Å². The molecule has 0 radical (unpaired) electrons. The highest BCUT2D eigenvalue weighted by atomic mass is 35.5. The normalized spacial score (nSPS) is 16.4. The van der Waals surface area contributed by atoms with Crippen LogP contribution in [0.15, 0.2) is 48.5 Å². The molecule has 2 aromatic carbocycles. The van der Waals surface area contributed by atoms with Gasteiger partial charge in [0.2, 0.25) is 0 Å². The van der Waals surface area contributed by atoms with Gasteiger partial charge in [0.1, 0.15) is 6.07 Å². The zero-order chi connectivity index (χ0) is 15.4. The lowest BCUT2D eigenvalue weighted by molar-refractivity contribution is 0.204. The second-order valence-corrected chi connectivity index (χ2v) is 6.29. The van der Waals surface area contributed by atoms with Gasteiger partial charge in [-0.05, 0) is 55.1 Å². The molecule has 22 heavy (non-hydrogen) atoms. The lowest BCUT2D eigenvalue weighted by Crippen LogP contribution is -2.32. The van der Waals surface area contributed by atoms with Crippen molar-refractivity contribution in [2.45, 2.75) is 25.3 Å². The van der Waals surface area contributed by atoms with Gasteiger partial charge in [-0.1, -0.05) is 48.0 Å². The zero-order valence-corrected chi connectivity index (χ0v) is 13.3. The zero-order valence-electron chi connectivity index (χ0n) is 12.5. The topological polar surface area (TPSA) is 27.0 Å². The van der Waals surface area contributed by atoms with E-state index < -0.39 is 0 Å². The molecular weight excluding hydrogens is 292 g/mol. The van der Waals surface area contributed by atoms with E-state index in [2.05, 4.69) is 47.4 Å². The number of piperidine rings is 1. The molecule has 3 rings (SSSR count). The third-order valence-corrected chi connectivity index (χ3v) is 4.75. The number of nitrogens with zero attached hydrogens (tertiary/aromatic N) is 2. The van der Waals surface area contributed by atoms with E-state index in [0.717, 1.165) is 32.5 Å². The molecule has 0 atom stereocenters. The molecular formula is C19H19ClN2. The van der Waals surface area contributed by atoms with Crippen molar-refractivity contribution in [2.75, 3.05) is 13.1 Å². The molecule has 0 spiro atoms. The molecule has 1 saturated heterocycles. The van der Waals surface area contributed by atoms with Crippen LogP contribution in [0.25, 0.3) is 0 Å². The Kier molecular flexibility index (Phi) is 4.77. The summed E-state index contributed by atoms with van der Waals surface area (Å²) in [5.74, 6) is 0.538. The number of benzene rings is 2. The molecule has 1 aliphatic rings. The Morgan fingerprint density at radius 3 is 2.50 bits per heavy atom. The molecule has 0 saturated carbocycles. The Morgan fingerprint density at radius 1 is 1.09 bits per heavy atom. The highest BCUT2D eigenvalue weighted by Gasteiger charge is 2.21. The maximum absolute atomic E-state index is 9.10. The smallest absolute Gasteiger partial charge is 0.101 e. The summed E-state index contributed by atoms with van der Waals surface area (Å²) < 4.78 is 0. The Bertz CT molecular complexity index is 668. The van der Waals surface area contributed by atoms with Crippen molar-refractivity contribution in [1.82, 2.24) is 4.90 Å². The van der Waals surface area contributed by atoms with Gasteiger partial charge in [0.25, 0.3) is 0 Å². The number of likely N-dealkylation sites (tertiary alicyclic amines) is 1. The Balaban J connectivity index is 1.61. The van der Waals surface area contributed by atoms with Gasteiger partial charge < -0.3 is 0 Å². The fourth-order valence-electron chi connectivity index (χ4n) is 3.15. The summed E-state index contributed by atoms with van der Waals surface area (Å²) in [5.41, 5.74) is 3.21. The second-order valence-electron chi connectivity index (χ2n) is 5.89. The monoisotopic (exact) mass is 310 g/mol. The van der Waals surface area contributed by atoms with E-state index in [0.29, 0.717) is 16.5 Å². The lowest BCUT2D eigenvalue weighted by Gasteiger charge is -2.32. The molecule has 112 valence electrons. The second kappa shape index (κ2) is 6.96. The van der Waals surface area contributed by atoms with E-state index in [-0.39, 0.29) is 0 Å². The number of hydrogen-bond acceptors (Lipinski definition) is 2. The number of nitriles is 1. The van der Waals surface area contributed by atoms with Crippen molar-refractivity contribution in [3.63, 3.8) is 0 Å². The molecule has 0 aliphatic carbocycles. The molecule has 0 N–H and O–H groups in total. The van der Waals surface area contributed by atoms with Crippen molar-refractivity contribution in [2.24, 2.45) is 0 Å². The Morgan fingerprint density at radius 2 is 1.82 bits per heavy atom. The van der Waals surface area contributed by atoms with E-state index in [9.17, 15) is 0 Å². The summed E-state index contributed by atoms with van der Waals surface area (Å²) in [4.78, 5) is 2.51. The quantitative estimate of drug-likeness (QED) is 0.829. The number of rotatable bonds is 3. The van der Waals surface area contributed by atoms with Crippen LogP contribution >= 0.6 is 11.6 Å². The van der Waals surface area contributed by atoms with Crippen LogP contribution in [0.1, 0.15) is 35.4 Å². The van der Waals surface area contributed by atoms with Crippen LogP contribution in [0.4, 0.5) is 0 Å². The minimum Gasteiger partial charge on any atom is -0.299 e. The predicted molar refractivity (Wildman–Crippen MR) is 89.9 cm³/mol. The van der Waals surface area contributed by atoms with Crippen molar-refractivity contribution in [3.8, 4) is 6.07 Å². The minimum absolute atomic E-state index is 0.538. The summed E-state index contributed by atoms with van der Waals surface area (Å²) in [5, 5.41) is 9.65. The molecule has 0 aromatic heterocycles. The van der Waals surface area contributed by atoms with E-state index in [1.54, 1.807) is 0 Å². The van der Waals surface area contributed by atoms with E-state index >= 15 is 0 Å². The van der Waals surface area contributed by atoms with Gasteiger partial charge in [-0.25, -0.2) is 0 Å². The van der Waals surface area contributed by atoms with Gasteiger partial charge in [-0.2, -0.15) is 5.26 Å². The highest BCUT2D eigenvalue weighted by molar-refractivity contribution is 6.31. The van der Waals surface area contributed by atoms with Crippen LogP contribution < -0.4 is 0 Å². The highest BCUT2D eigenvalue weighted by Crippen LogP contribution is 2.30. The van der Waals surface area contributed by atoms with E-state index in [1.165, 1.54) is 11.1 Å². The lowest BCUT2D eigenvalue weighted by atomic mass is 9.88. The first kappa shape index (κ1) is 15.1. The fraction of sp³-hybridized carbons (Fsp3) is 0.316. The van der Waals surface area contributed by atoms with Crippen LogP contribution in [-0.2, 0) is 6.54 Å². The average molecular weight is 311 g/mol. The van der Waals surface area contributed by atoms with Crippen LogP contribution in [0, 0.1) is 11.3 Å². The molecule has 2 aromatic rings. The summed E-state index contributed by atoms with van der Waals surface area (Å²) in [6.45, 7) is 3.23. The van der Waals surface area contributed by atoms with Crippen molar-refractivity contribution < 1.29 is 0 Å². The molecule has 0 amide bonds. The van der Waals surface area contributed by atoms with Crippen LogP contribution in [0.3, 0.4) is 0 Å². The molecule has 0 bridgehead atoms. The van der Waals surface area contributed by atoms with Crippen molar-refractivity contribution in [3.05, 3.63) is 70.2 Å². The number of hydrogen-bond donors (Lipinski definition) is 0. The first-order chi connectivity index (χ1) is 10.8. The summed E-state index contributed by atoms with van der Waals surface area (Å²) in [7, 11) is 0. The average Bonchev–Trinajstić information content (AvgIpc) is 2.57. The van der Waals surface area contributed by atoms with E-state index in [4.69, 9.17) is 16.9 Å². The summed E-state index contributed by atoms with van der Waals surface area (Å²) in [6, 6.07) is 18.7. The molecule has 1 heterocycles. The fourth-order valence-corrected chi connectivity index (χ4v) is 3.31. The first-order valence-corrected chi connectivity index (χ1v) is 8.10. The maximum atomic E-state index is 9.10. The van der Waals surface area contributed by atoms with Crippen molar-refractivity contribution >= 4 is 11.6 Å². The van der Waals surface area contributed by atoms with Gasteiger partial charge in [-0.15, -0.1) is 0 Å². The van der Waals surface area contributed by atoms with Gasteiger partial charge in [0, 0.05) is 6.54 Å². The van der Waals surface area contributed by atoms with Gasteiger partial charge in [-0.3, -0.25) is 4.90 Å². The first-order valence-electron chi connectivity index (χ1n) is 7.72. The third kappa shape index (κ3) is 3.50. The Labute approximate surface area is 136 Å². The molecule has 3 heteroatoms. The van der Waals surface area contributed by atoms with Gasteiger partial charge >= 0.3 is 0 Å². The predicted octanol–water partition coefficient (Wildman–Crippen LogP) is 4.59. The molecule has 0 unspecified atom stereocenters. The standard InChI is InChI=1S/C19H19ClN2/c20-19-7-6-17(12-18(19)13-21)16-8-10-22(11-9-16)14-15-4-2-1-3-5-15/h1-7,12,16H,8-11,14H2. The van der Waals surface area contributed by atoms with Crippen LogP contribution in [0.2, 0.25) is 5.02 Å². The molecule has 1 fully saturated rings. The van der Waals surface area contributed by atoms with Gasteiger partial charge in [0.15, 0.2) is 0 Å². The molecule has 1 aliphatic heterocycles. The SMILES string of the molecule is N#Cc1cc(C2CCN(Cc3ccccc3)CC2)ccc1Cl. The Hall–Kier alpha value is -1.82. The van der Waals surface area contributed by atoms with Gasteiger partial charge in [0.05, 0.1) is 10.6 Å². The third-order valence-electron chi connectivity index (χ3n) is 4.42. The minimum atomic E-state index is 0.538. The van der Waals surface area contributed by atoms with Crippen LogP contribution in [0.5, 0.6) is 0 Å². The van der Waals surface area contributed by atoms with Crippen molar-refractivity contribution in [1.29, 1.82) is 5.26 Å². The molecule has 2 nitrogen and oxygen atoms in total. The maximum Gasteiger partial charge on any atom is 0.101 e. The summed E-state index contributed by atoms with van der Waals surface area (Å²) >= 11 is 6.02. The van der Waals surface area contributed by atoms with Crippen LogP contribution in [-0.4, -0.2) is 18.0 Å². The number of halogens is 1.